The minimum absolute atomic E-state index is 0.644. The van der Waals surface area contributed by atoms with Crippen molar-refractivity contribution in [3.63, 3.8) is 0 Å². The summed E-state index contributed by atoms with van der Waals surface area (Å²) in [6, 6.07) is 3.96. The minimum atomic E-state index is 0.644. The predicted molar refractivity (Wildman–Crippen MR) is 83.5 cm³/mol. The van der Waals surface area contributed by atoms with E-state index >= 15 is 0 Å². The first-order valence-corrected chi connectivity index (χ1v) is 7.79. The number of fused-ring (bicyclic) bond motifs is 2. The highest BCUT2D eigenvalue weighted by Gasteiger charge is 2.39. The Labute approximate surface area is 126 Å². The molecule has 0 saturated heterocycles. The summed E-state index contributed by atoms with van der Waals surface area (Å²) in [6.07, 6.45) is 5.71. The molecular weight excluding hydrogens is 266 g/mol. The second-order valence-electron chi connectivity index (χ2n) is 6.23. The molecule has 2 aliphatic carbocycles. The van der Waals surface area contributed by atoms with Gasteiger partial charge in [0.15, 0.2) is 11.5 Å². The normalized spacial score (nSPS) is 26.7. The first-order chi connectivity index (χ1) is 10.2. The van der Waals surface area contributed by atoms with E-state index in [9.17, 15) is 0 Å². The van der Waals surface area contributed by atoms with Gasteiger partial charge >= 0.3 is 0 Å². The first-order valence-electron chi connectivity index (χ1n) is 7.79. The average molecular weight is 291 g/mol. The largest absolute Gasteiger partial charge is 0.493 e. The lowest BCUT2D eigenvalue weighted by Gasteiger charge is -2.23. The molecule has 3 unspecified atom stereocenters. The quantitative estimate of drug-likeness (QED) is 0.870. The van der Waals surface area contributed by atoms with Crippen LogP contribution in [0.2, 0.25) is 0 Å². The van der Waals surface area contributed by atoms with E-state index in [0.29, 0.717) is 17.2 Å². The van der Waals surface area contributed by atoms with E-state index in [4.69, 9.17) is 14.2 Å². The first kappa shape index (κ1) is 14.4. The molecule has 4 heteroatoms. The van der Waals surface area contributed by atoms with Gasteiger partial charge in [0.05, 0.1) is 21.3 Å². The third-order valence-electron chi connectivity index (χ3n) is 5.12. The molecule has 2 bridgehead atoms. The molecule has 1 aromatic rings. The number of nitrogens with one attached hydrogen (secondary N) is 1. The van der Waals surface area contributed by atoms with Crippen molar-refractivity contribution in [3.05, 3.63) is 12.1 Å². The van der Waals surface area contributed by atoms with Crippen LogP contribution in [-0.2, 0) is 0 Å². The van der Waals surface area contributed by atoms with Crippen molar-refractivity contribution in [3.8, 4) is 17.2 Å². The summed E-state index contributed by atoms with van der Waals surface area (Å²) in [5.74, 6) is 4.79. The van der Waals surface area contributed by atoms with Gasteiger partial charge in [-0.15, -0.1) is 0 Å². The third kappa shape index (κ3) is 2.76. The Bertz CT molecular complexity index is 478. The second-order valence-corrected chi connectivity index (χ2v) is 6.23. The van der Waals surface area contributed by atoms with Crippen molar-refractivity contribution in [2.24, 2.45) is 17.8 Å². The molecule has 0 heterocycles. The fraction of sp³-hybridized carbons (Fsp3) is 0.647. The van der Waals surface area contributed by atoms with Gasteiger partial charge in [0.25, 0.3) is 0 Å². The maximum absolute atomic E-state index is 5.40. The topological polar surface area (TPSA) is 39.7 Å². The van der Waals surface area contributed by atoms with Crippen LogP contribution in [0.4, 0.5) is 5.69 Å². The Balaban J connectivity index is 1.70. The number of hydrogen-bond acceptors (Lipinski definition) is 4. The van der Waals surface area contributed by atoms with Crippen molar-refractivity contribution >= 4 is 5.69 Å². The zero-order valence-corrected chi connectivity index (χ0v) is 13.1. The van der Waals surface area contributed by atoms with Gasteiger partial charge in [-0.3, -0.25) is 0 Å². The van der Waals surface area contributed by atoms with Gasteiger partial charge in [0, 0.05) is 24.4 Å². The van der Waals surface area contributed by atoms with Gasteiger partial charge in [0.2, 0.25) is 5.75 Å². The van der Waals surface area contributed by atoms with Crippen LogP contribution >= 0.6 is 0 Å². The lowest BCUT2D eigenvalue weighted by Crippen LogP contribution is -2.20. The molecule has 116 valence electrons. The van der Waals surface area contributed by atoms with E-state index in [1.165, 1.54) is 25.7 Å². The molecule has 3 rings (SSSR count). The van der Waals surface area contributed by atoms with Crippen LogP contribution in [0.5, 0.6) is 17.2 Å². The van der Waals surface area contributed by atoms with E-state index in [1.54, 1.807) is 21.3 Å². The van der Waals surface area contributed by atoms with E-state index in [1.807, 2.05) is 12.1 Å². The predicted octanol–water partition coefficient (Wildman–Crippen LogP) is 3.56. The van der Waals surface area contributed by atoms with Crippen molar-refractivity contribution in [2.45, 2.75) is 25.7 Å². The zero-order valence-electron chi connectivity index (χ0n) is 13.1. The van der Waals surface area contributed by atoms with Crippen LogP contribution in [0.25, 0.3) is 0 Å². The molecule has 3 atom stereocenters. The molecule has 4 nitrogen and oxygen atoms in total. The molecule has 1 aromatic carbocycles. The highest BCUT2D eigenvalue weighted by molar-refractivity contribution is 5.62. The summed E-state index contributed by atoms with van der Waals surface area (Å²) in [7, 11) is 4.93. The fourth-order valence-electron chi connectivity index (χ4n) is 4.06. The molecule has 0 spiro atoms. The molecule has 0 amide bonds. The van der Waals surface area contributed by atoms with Crippen LogP contribution in [0.15, 0.2) is 12.1 Å². The Kier molecular flexibility index (Phi) is 4.13. The van der Waals surface area contributed by atoms with E-state index in [0.717, 1.165) is 30.0 Å². The van der Waals surface area contributed by atoms with Crippen LogP contribution in [-0.4, -0.2) is 27.9 Å². The van der Waals surface area contributed by atoms with E-state index in [2.05, 4.69) is 5.32 Å². The number of methoxy groups -OCH3 is 3. The highest BCUT2D eigenvalue weighted by atomic mass is 16.5. The minimum Gasteiger partial charge on any atom is -0.493 e. The van der Waals surface area contributed by atoms with E-state index in [-0.39, 0.29) is 0 Å². The lowest BCUT2D eigenvalue weighted by atomic mass is 9.89. The summed E-state index contributed by atoms with van der Waals surface area (Å²) < 4.78 is 16.1. The monoisotopic (exact) mass is 291 g/mol. The summed E-state index contributed by atoms with van der Waals surface area (Å²) in [5, 5.41) is 3.56. The molecule has 2 saturated carbocycles. The summed E-state index contributed by atoms with van der Waals surface area (Å²) >= 11 is 0. The van der Waals surface area contributed by atoms with Gasteiger partial charge in [-0.2, -0.15) is 0 Å². The fourth-order valence-corrected chi connectivity index (χ4v) is 4.06. The van der Waals surface area contributed by atoms with Crippen LogP contribution in [0, 0.1) is 17.8 Å². The number of rotatable bonds is 6. The van der Waals surface area contributed by atoms with Gasteiger partial charge in [-0.25, -0.2) is 0 Å². The maximum Gasteiger partial charge on any atom is 0.203 e. The standard InChI is InChI=1S/C17H25NO3/c1-19-15-8-14(9-16(20-2)17(15)21-3)18-10-13-7-11-4-5-12(13)6-11/h8-9,11-13,18H,4-7,10H2,1-3H3. The van der Waals surface area contributed by atoms with Gasteiger partial charge in [0.1, 0.15) is 0 Å². The van der Waals surface area contributed by atoms with Gasteiger partial charge < -0.3 is 19.5 Å². The molecule has 0 aliphatic heterocycles. The summed E-state index contributed by atoms with van der Waals surface area (Å²) in [4.78, 5) is 0. The molecule has 2 fully saturated rings. The third-order valence-corrected chi connectivity index (χ3v) is 5.12. The Morgan fingerprint density at radius 2 is 1.71 bits per heavy atom. The summed E-state index contributed by atoms with van der Waals surface area (Å²) in [6.45, 7) is 1.04. The Hall–Kier alpha value is -1.58. The molecule has 21 heavy (non-hydrogen) atoms. The highest BCUT2D eigenvalue weighted by Crippen LogP contribution is 2.48. The SMILES string of the molecule is COc1cc(NCC2CC3CCC2C3)cc(OC)c1OC. The number of anilines is 1. The zero-order chi connectivity index (χ0) is 14.8. The van der Waals surface area contributed by atoms with Gasteiger partial charge in [-0.1, -0.05) is 6.42 Å². The number of ether oxygens (including phenoxy) is 3. The van der Waals surface area contributed by atoms with Crippen LogP contribution < -0.4 is 19.5 Å². The molecule has 1 N–H and O–H groups in total. The average Bonchev–Trinajstić information content (AvgIpc) is 3.14. The number of benzene rings is 1. The van der Waals surface area contributed by atoms with Crippen LogP contribution in [0.1, 0.15) is 25.7 Å². The van der Waals surface area contributed by atoms with Crippen molar-refractivity contribution in [1.82, 2.24) is 0 Å². The lowest BCUT2D eigenvalue weighted by molar-refractivity contribution is 0.324. The van der Waals surface area contributed by atoms with Crippen molar-refractivity contribution in [2.75, 3.05) is 33.2 Å². The van der Waals surface area contributed by atoms with Crippen molar-refractivity contribution in [1.29, 1.82) is 0 Å². The van der Waals surface area contributed by atoms with Crippen molar-refractivity contribution < 1.29 is 14.2 Å². The molecule has 0 radical (unpaired) electrons. The smallest absolute Gasteiger partial charge is 0.203 e. The Morgan fingerprint density at radius 1 is 1.00 bits per heavy atom. The number of hydrogen-bond donors (Lipinski definition) is 1. The van der Waals surface area contributed by atoms with Gasteiger partial charge in [-0.05, 0) is 37.0 Å². The Morgan fingerprint density at radius 3 is 2.19 bits per heavy atom. The molecular formula is C17H25NO3. The molecule has 2 aliphatic rings. The molecule has 0 aromatic heterocycles. The van der Waals surface area contributed by atoms with Crippen LogP contribution in [0.3, 0.4) is 0 Å². The van der Waals surface area contributed by atoms with E-state index < -0.39 is 0 Å². The maximum atomic E-state index is 5.40. The summed E-state index contributed by atoms with van der Waals surface area (Å²) in [5.41, 5.74) is 1.03. The second kappa shape index (κ2) is 6.04.